The Labute approximate surface area is 90.2 Å². The standard InChI is InChI=1S/C12H17NO2/c1-3-4-6-9-7-5-8-10(12(13)14)11(9)15-2/h5,7-8H,3-4,6H2,1-2H3,(H2,13,14). The number of primary amides is 1. The van der Waals surface area contributed by atoms with Crippen molar-refractivity contribution in [3.63, 3.8) is 0 Å². The van der Waals surface area contributed by atoms with Crippen molar-refractivity contribution in [1.82, 2.24) is 0 Å². The summed E-state index contributed by atoms with van der Waals surface area (Å²) in [5.74, 6) is 0.184. The maximum Gasteiger partial charge on any atom is 0.252 e. The number of carbonyl (C=O) groups is 1. The summed E-state index contributed by atoms with van der Waals surface area (Å²) >= 11 is 0. The zero-order chi connectivity index (χ0) is 11.3. The molecular formula is C12H17NO2. The number of hydrogen-bond acceptors (Lipinski definition) is 2. The predicted octanol–water partition coefficient (Wildman–Crippen LogP) is 2.14. The van der Waals surface area contributed by atoms with Crippen LogP contribution in [0, 0.1) is 0 Å². The van der Waals surface area contributed by atoms with E-state index < -0.39 is 5.91 Å². The SMILES string of the molecule is CCCCc1cccc(C(N)=O)c1OC. The second-order valence-electron chi connectivity index (χ2n) is 3.47. The van der Waals surface area contributed by atoms with E-state index in [1.54, 1.807) is 13.2 Å². The number of methoxy groups -OCH3 is 1. The van der Waals surface area contributed by atoms with Crippen LogP contribution in [0.3, 0.4) is 0 Å². The van der Waals surface area contributed by atoms with Crippen LogP contribution in [0.5, 0.6) is 5.75 Å². The highest BCUT2D eigenvalue weighted by Crippen LogP contribution is 2.24. The zero-order valence-electron chi connectivity index (χ0n) is 9.25. The molecule has 15 heavy (non-hydrogen) atoms. The third-order valence-corrected chi connectivity index (χ3v) is 2.37. The van der Waals surface area contributed by atoms with E-state index in [2.05, 4.69) is 6.92 Å². The van der Waals surface area contributed by atoms with Gasteiger partial charge in [-0.2, -0.15) is 0 Å². The van der Waals surface area contributed by atoms with Crippen LogP contribution in [0.2, 0.25) is 0 Å². The highest BCUT2D eigenvalue weighted by atomic mass is 16.5. The summed E-state index contributed by atoms with van der Waals surface area (Å²) in [7, 11) is 1.57. The lowest BCUT2D eigenvalue weighted by Gasteiger charge is -2.11. The number of ether oxygens (including phenoxy) is 1. The van der Waals surface area contributed by atoms with Gasteiger partial charge in [-0.3, -0.25) is 4.79 Å². The van der Waals surface area contributed by atoms with Crippen LogP contribution in [0.15, 0.2) is 18.2 Å². The van der Waals surface area contributed by atoms with Crippen LogP contribution >= 0.6 is 0 Å². The molecule has 1 aromatic carbocycles. The third kappa shape index (κ3) is 2.72. The fourth-order valence-corrected chi connectivity index (χ4v) is 1.58. The lowest BCUT2D eigenvalue weighted by atomic mass is 10.0. The van der Waals surface area contributed by atoms with Crippen LogP contribution in [0.1, 0.15) is 35.7 Å². The van der Waals surface area contributed by atoms with Crippen molar-refractivity contribution in [3.05, 3.63) is 29.3 Å². The highest BCUT2D eigenvalue weighted by Gasteiger charge is 2.12. The van der Waals surface area contributed by atoms with Crippen molar-refractivity contribution in [2.45, 2.75) is 26.2 Å². The first kappa shape index (κ1) is 11.6. The van der Waals surface area contributed by atoms with Gasteiger partial charge >= 0.3 is 0 Å². The highest BCUT2D eigenvalue weighted by molar-refractivity contribution is 5.96. The largest absolute Gasteiger partial charge is 0.496 e. The molecule has 0 atom stereocenters. The van der Waals surface area contributed by atoms with Crippen molar-refractivity contribution in [2.24, 2.45) is 5.73 Å². The maximum atomic E-state index is 11.1. The molecular weight excluding hydrogens is 190 g/mol. The number of amides is 1. The zero-order valence-corrected chi connectivity index (χ0v) is 9.25. The Morgan fingerprint density at radius 2 is 2.20 bits per heavy atom. The maximum absolute atomic E-state index is 11.1. The predicted molar refractivity (Wildman–Crippen MR) is 60.1 cm³/mol. The van der Waals surface area contributed by atoms with Gasteiger partial charge in [0.15, 0.2) is 0 Å². The topological polar surface area (TPSA) is 52.3 Å². The monoisotopic (exact) mass is 207 g/mol. The summed E-state index contributed by atoms with van der Waals surface area (Å²) in [6, 6.07) is 5.51. The summed E-state index contributed by atoms with van der Waals surface area (Å²) in [4.78, 5) is 11.1. The Morgan fingerprint density at radius 3 is 2.73 bits per heavy atom. The second-order valence-corrected chi connectivity index (χ2v) is 3.47. The first-order valence-corrected chi connectivity index (χ1v) is 5.16. The Bertz CT molecular complexity index is 347. The van der Waals surface area contributed by atoms with Gasteiger partial charge in [0, 0.05) is 0 Å². The smallest absolute Gasteiger partial charge is 0.252 e. The quantitative estimate of drug-likeness (QED) is 0.804. The summed E-state index contributed by atoms with van der Waals surface area (Å²) in [5.41, 5.74) is 6.78. The molecule has 0 aliphatic carbocycles. The van der Waals surface area contributed by atoms with Gasteiger partial charge in [0.05, 0.1) is 12.7 Å². The number of rotatable bonds is 5. The Morgan fingerprint density at radius 1 is 1.47 bits per heavy atom. The minimum absolute atomic E-state index is 0.440. The van der Waals surface area contributed by atoms with E-state index in [0.29, 0.717) is 11.3 Å². The minimum atomic E-state index is -0.440. The van der Waals surface area contributed by atoms with Gasteiger partial charge in [0.2, 0.25) is 0 Å². The molecule has 1 aromatic rings. The van der Waals surface area contributed by atoms with Crippen LogP contribution in [0.4, 0.5) is 0 Å². The van der Waals surface area contributed by atoms with E-state index in [0.717, 1.165) is 24.8 Å². The molecule has 0 saturated heterocycles. The lowest BCUT2D eigenvalue weighted by Crippen LogP contribution is -2.13. The molecule has 0 aliphatic heterocycles. The van der Waals surface area contributed by atoms with Crippen molar-refractivity contribution in [1.29, 1.82) is 0 Å². The molecule has 0 aromatic heterocycles. The molecule has 82 valence electrons. The molecule has 0 bridgehead atoms. The molecule has 1 amide bonds. The first-order chi connectivity index (χ1) is 7.20. The molecule has 0 aliphatic rings. The van der Waals surface area contributed by atoms with Crippen LogP contribution in [-0.2, 0) is 6.42 Å². The normalized spacial score (nSPS) is 10.0. The van der Waals surface area contributed by atoms with Crippen LogP contribution < -0.4 is 10.5 Å². The van der Waals surface area contributed by atoms with Crippen molar-refractivity contribution >= 4 is 5.91 Å². The second kappa shape index (κ2) is 5.39. The lowest BCUT2D eigenvalue weighted by molar-refractivity contribution is 0.0997. The van der Waals surface area contributed by atoms with E-state index >= 15 is 0 Å². The van der Waals surface area contributed by atoms with Gasteiger partial charge in [0.1, 0.15) is 5.75 Å². The molecule has 0 heterocycles. The summed E-state index contributed by atoms with van der Waals surface area (Å²) in [6.45, 7) is 2.13. The fraction of sp³-hybridized carbons (Fsp3) is 0.417. The number of hydrogen-bond donors (Lipinski definition) is 1. The molecule has 2 N–H and O–H groups in total. The molecule has 3 heteroatoms. The molecule has 3 nitrogen and oxygen atoms in total. The number of benzene rings is 1. The average molecular weight is 207 g/mol. The van der Waals surface area contributed by atoms with Crippen molar-refractivity contribution < 1.29 is 9.53 Å². The van der Waals surface area contributed by atoms with Crippen molar-refractivity contribution in [3.8, 4) is 5.75 Å². The summed E-state index contributed by atoms with van der Waals surface area (Å²) < 4.78 is 5.23. The van der Waals surface area contributed by atoms with E-state index in [-0.39, 0.29) is 0 Å². The van der Waals surface area contributed by atoms with Gasteiger partial charge in [-0.05, 0) is 24.5 Å². The van der Waals surface area contributed by atoms with Gasteiger partial charge in [-0.1, -0.05) is 25.5 Å². The Balaban J connectivity index is 3.04. The third-order valence-electron chi connectivity index (χ3n) is 2.37. The molecule has 0 spiro atoms. The van der Waals surface area contributed by atoms with E-state index in [9.17, 15) is 4.79 Å². The number of aryl methyl sites for hydroxylation is 1. The minimum Gasteiger partial charge on any atom is -0.496 e. The van der Waals surface area contributed by atoms with Gasteiger partial charge in [-0.15, -0.1) is 0 Å². The van der Waals surface area contributed by atoms with E-state index in [1.165, 1.54) is 0 Å². The number of unbranched alkanes of at least 4 members (excludes halogenated alkanes) is 1. The summed E-state index contributed by atoms with van der Waals surface area (Å²) in [5, 5.41) is 0. The first-order valence-electron chi connectivity index (χ1n) is 5.16. The molecule has 0 unspecified atom stereocenters. The number of carbonyl (C=O) groups excluding carboxylic acids is 1. The van der Waals surface area contributed by atoms with Crippen LogP contribution in [-0.4, -0.2) is 13.0 Å². The van der Waals surface area contributed by atoms with Crippen LogP contribution in [0.25, 0.3) is 0 Å². The molecule has 0 saturated carbocycles. The average Bonchev–Trinajstić information content (AvgIpc) is 2.25. The summed E-state index contributed by atoms with van der Waals surface area (Å²) in [6.07, 6.45) is 3.11. The molecule has 1 rings (SSSR count). The molecule has 0 radical (unpaired) electrons. The van der Waals surface area contributed by atoms with E-state index in [1.807, 2.05) is 12.1 Å². The number of para-hydroxylation sites is 1. The molecule has 0 fully saturated rings. The van der Waals surface area contributed by atoms with Gasteiger partial charge in [0.25, 0.3) is 5.91 Å². The van der Waals surface area contributed by atoms with Crippen molar-refractivity contribution in [2.75, 3.05) is 7.11 Å². The fourth-order valence-electron chi connectivity index (χ4n) is 1.58. The van der Waals surface area contributed by atoms with E-state index in [4.69, 9.17) is 10.5 Å². The number of nitrogens with two attached hydrogens (primary N) is 1. The van der Waals surface area contributed by atoms with Gasteiger partial charge in [-0.25, -0.2) is 0 Å². The van der Waals surface area contributed by atoms with Gasteiger partial charge < -0.3 is 10.5 Å². The Hall–Kier alpha value is -1.51. The Kier molecular flexibility index (Phi) is 4.16.